The zero-order valence-electron chi connectivity index (χ0n) is 14.5. The van der Waals surface area contributed by atoms with E-state index in [4.69, 9.17) is 9.47 Å². The Kier molecular flexibility index (Phi) is 6.49. The van der Waals surface area contributed by atoms with Gasteiger partial charge in [0.2, 0.25) is 0 Å². The number of hydrogen-bond acceptors (Lipinski definition) is 3. The normalized spacial score (nSPS) is 11.1. The first-order valence-corrected chi connectivity index (χ1v) is 8.19. The van der Waals surface area contributed by atoms with Gasteiger partial charge < -0.3 is 14.8 Å². The van der Waals surface area contributed by atoms with Gasteiger partial charge in [0.25, 0.3) is 5.91 Å². The fourth-order valence-electron chi connectivity index (χ4n) is 2.29. The third-order valence-electron chi connectivity index (χ3n) is 3.54. The summed E-state index contributed by atoms with van der Waals surface area (Å²) in [5.41, 5.74) is 0.228. The Balaban J connectivity index is 2.04. The molecule has 2 aromatic carbocycles. The van der Waals surface area contributed by atoms with Gasteiger partial charge in [0.15, 0.2) is 11.5 Å². The summed E-state index contributed by atoms with van der Waals surface area (Å²) in [7, 11) is 0. The summed E-state index contributed by atoms with van der Waals surface area (Å²) >= 11 is 0. The van der Waals surface area contributed by atoms with E-state index in [-0.39, 0.29) is 12.5 Å². The first-order valence-electron chi connectivity index (χ1n) is 8.19. The summed E-state index contributed by atoms with van der Waals surface area (Å²) in [6.45, 7) is 4.69. The molecule has 0 bridgehead atoms. The molecule has 0 saturated carbocycles. The third kappa shape index (κ3) is 5.15. The third-order valence-corrected chi connectivity index (χ3v) is 3.54. The van der Waals surface area contributed by atoms with Crippen LogP contribution >= 0.6 is 0 Å². The van der Waals surface area contributed by atoms with Gasteiger partial charge in [0, 0.05) is 12.1 Å². The van der Waals surface area contributed by atoms with Crippen molar-refractivity contribution in [2.75, 3.05) is 13.2 Å². The molecular formula is C19H20F3NO3. The maximum absolute atomic E-state index is 12.6. The average molecular weight is 367 g/mol. The van der Waals surface area contributed by atoms with Crippen LogP contribution in [0.4, 0.5) is 13.2 Å². The van der Waals surface area contributed by atoms with Gasteiger partial charge >= 0.3 is 6.18 Å². The van der Waals surface area contributed by atoms with Crippen LogP contribution in [0.1, 0.15) is 35.3 Å². The van der Waals surface area contributed by atoms with Crippen molar-refractivity contribution in [3.05, 3.63) is 59.2 Å². The number of benzene rings is 2. The van der Waals surface area contributed by atoms with E-state index in [1.807, 2.05) is 13.8 Å². The van der Waals surface area contributed by atoms with E-state index in [1.54, 1.807) is 18.2 Å². The lowest BCUT2D eigenvalue weighted by Gasteiger charge is -2.13. The second-order valence-electron chi connectivity index (χ2n) is 5.40. The SMILES string of the molecule is CCOc1ccc(C(=O)NCc2ccc(C(F)(F)F)cc2)cc1OCC. The van der Waals surface area contributed by atoms with Crippen LogP contribution in [0.2, 0.25) is 0 Å². The lowest BCUT2D eigenvalue weighted by atomic mass is 10.1. The molecule has 0 heterocycles. The lowest BCUT2D eigenvalue weighted by molar-refractivity contribution is -0.137. The molecule has 4 nitrogen and oxygen atoms in total. The highest BCUT2D eigenvalue weighted by molar-refractivity contribution is 5.94. The van der Waals surface area contributed by atoms with Crippen molar-refractivity contribution >= 4 is 5.91 Å². The van der Waals surface area contributed by atoms with E-state index in [1.165, 1.54) is 12.1 Å². The number of nitrogens with one attached hydrogen (secondary N) is 1. The summed E-state index contributed by atoms with van der Waals surface area (Å²) in [4.78, 5) is 12.3. The van der Waals surface area contributed by atoms with Gasteiger partial charge in [0.1, 0.15) is 0 Å². The van der Waals surface area contributed by atoms with Crippen molar-refractivity contribution in [3.8, 4) is 11.5 Å². The van der Waals surface area contributed by atoms with Crippen molar-refractivity contribution < 1.29 is 27.4 Å². The number of amides is 1. The summed E-state index contributed by atoms with van der Waals surface area (Å²) in [6, 6.07) is 9.50. The van der Waals surface area contributed by atoms with Crippen molar-refractivity contribution in [2.24, 2.45) is 0 Å². The Labute approximate surface area is 149 Å². The van der Waals surface area contributed by atoms with Crippen molar-refractivity contribution in [2.45, 2.75) is 26.6 Å². The summed E-state index contributed by atoms with van der Waals surface area (Å²) < 4.78 is 48.6. The largest absolute Gasteiger partial charge is 0.490 e. The van der Waals surface area contributed by atoms with Crippen LogP contribution in [-0.4, -0.2) is 19.1 Å². The van der Waals surface area contributed by atoms with Gasteiger partial charge in [-0.05, 0) is 49.7 Å². The number of alkyl halides is 3. The van der Waals surface area contributed by atoms with Gasteiger partial charge in [-0.25, -0.2) is 0 Å². The molecule has 2 rings (SSSR count). The highest BCUT2D eigenvalue weighted by Gasteiger charge is 2.29. The molecule has 0 atom stereocenters. The Morgan fingerprint density at radius 1 is 0.962 bits per heavy atom. The molecular weight excluding hydrogens is 347 g/mol. The predicted octanol–water partition coefficient (Wildman–Crippen LogP) is 4.43. The quantitative estimate of drug-likeness (QED) is 0.787. The number of carbonyl (C=O) groups is 1. The monoisotopic (exact) mass is 367 g/mol. The zero-order valence-corrected chi connectivity index (χ0v) is 14.5. The molecule has 0 fully saturated rings. The van der Waals surface area contributed by atoms with Crippen molar-refractivity contribution in [1.82, 2.24) is 5.32 Å². The summed E-state index contributed by atoms with van der Waals surface area (Å²) in [6.07, 6.45) is -4.38. The molecule has 0 spiro atoms. The molecule has 0 radical (unpaired) electrons. The second-order valence-corrected chi connectivity index (χ2v) is 5.40. The average Bonchev–Trinajstić information content (AvgIpc) is 2.61. The van der Waals surface area contributed by atoms with Crippen LogP contribution < -0.4 is 14.8 Å². The molecule has 0 aliphatic heterocycles. The van der Waals surface area contributed by atoms with Crippen LogP contribution in [0.3, 0.4) is 0 Å². The summed E-state index contributed by atoms with van der Waals surface area (Å²) in [5.74, 6) is 0.666. The molecule has 0 aliphatic carbocycles. The van der Waals surface area contributed by atoms with Crippen molar-refractivity contribution in [3.63, 3.8) is 0 Å². The smallest absolute Gasteiger partial charge is 0.416 e. The Morgan fingerprint density at radius 3 is 2.15 bits per heavy atom. The number of carbonyl (C=O) groups excluding carboxylic acids is 1. The highest BCUT2D eigenvalue weighted by atomic mass is 19.4. The van der Waals surface area contributed by atoms with E-state index in [0.717, 1.165) is 12.1 Å². The Hall–Kier alpha value is -2.70. The predicted molar refractivity (Wildman–Crippen MR) is 91.4 cm³/mol. The van der Waals surface area contributed by atoms with Gasteiger partial charge in [-0.3, -0.25) is 4.79 Å². The molecule has 1 amide bonds. The summed E-state index contributed by atoms with van der Waals surface area (Å²) in [5, 5.41) is 2.68. The van der Waals surface area contributed by atoms with Gasteiger partial charge in [-0.15, -0.1) is 0 Å². The van der Waals surface area contributed by atoms with Gasteiger partial charge in [-0.2, -0.15) is 13.2 Å². The zero-order chi connectivity index (χ0) is 19.2. The molecule has 0 aliphatic rings. The standard InChI is InChI=1S/C19H20F3NO3/c1-3-25-16-10-7-14(11-17(16)26-4-2)18(24)23-12-13-5-8-15(9-6-13)19(20,21)22/h5-11H,3-4,12H2,1-2H3,(H,23,24). The minimum absolute atomic E-state index is 0.119. The maximum atomic E-state index is 12.6. The molecule has 26 heavy (non-hydrogen) atoms. The van der Waals surface area contributed by atoms with Crippen LogP contribution in [0.15, 0.2) is 42.5 Å². The molecule has 0 saturated heterocycles. The topological polar surface area (TPSA) is 47.6 Å². The molecule has 0 aromatic heterocycles. The van der Waals surface area contributed by atoms with E-state index in [9.17, 15) is 18.0 Å². The number of rotatable bonds is 7. The number of halogens is 3. The molecule has 7 heteroatoms. The van der Waals surface area contributed by atoms with E-state index >= 15 is 0 Å². The maximum Gasteiger partial charge on any atom is 0.416 e. The molecule has 1 N–H and O–H groups in total. The number of hydrogen-bond donors (Lipinski definition) is 1. The highest BCUT2D eigenvalue weighted by Crippen LogP contribution is 2.30. The van der Waals surface area contributed by atoms with E-state index < -0.39 is 11.7 Å². The first-order chi connectivity index (χ1) is 12.3. The lowest BCUT2D eigenvalue weighted by Crippen LogP contribution is -2.23. The fourth-order valence-corrected chi connectivity index (χ4v) is 2.29. The first kappa shape index (κ1) is 19.6. The minimum Gasteiger partial charge on any atom is -0.490 e. The van der Waals surface area contributed by atoms with Gasteiger partial charge in [-0.1, -0.05) is 12.1 Å². The van der Waals surface area contributed by atoms with Crippen LogP contribution in [-0.2, 0) is 12.7 Å². The van der Waals surface area contributed by atoms with Crippen LogP contribution in [0.5, 0.6) is 11.5 Å². The van der Waals surface area contributed by atoms with Crippen LogP contribution in [0, 0.1) is 0 Å². The molecule has 0 unspecified atom stereocenters. The fraction of sp³-hybridized carbons (Fsp3) is 0.316. The second kappa shape index (κ2) is 8.60. The molecule has 140 valence electrons. The number of ether oxygens (including phenoxy) is 2. The molecule has 2 aromatic rings. The van der Waals surface area contributed by atoms with E-state index in [0.29, 0.717) is 35.8 Å². The van der Waals surface area contributed by atoms with E-state index in [2.05, 4.69) is 5.32 Å². The Morgan fingerprint density at radius 2 is 1.58 bits per heavy atom. The Bertz CT molecular complexity index is 743. The van der Waals surface area contributed by atoms with Crippen molar-refractivity contribution in [1.29, 1.82) is 0 Å². The van der Waals surface area contributed by atoms with Gasteiger partial charge in [0.05, 0.1) is 18.8 Å². The minimum atomic E-state index is -4.38. The van der Waals surface area contributed by atoms with Crippen LogP contribution in [0.25, 0.3) is 0 Å².